The van der Waals surface area contributed by atoms with Crippen LogP contribution in [0.3, 0.4) is 0 Å². The number of rotatable bonds is 5. The first-order valence-corrected chi connectivity index (χ1v) is 8.53. The molecule has 1 N–H and O–H groups in total. The average molecular weight is 342 g/mol. The number of nitro benzene ring substituents is 1. The third-order valence-electron chi connectivity index (χ3n) is 4.63. The highest BCUT2D eigenvalue weighted by molar-refractivity contribution is 5.61. The number of aromatic nitrogens is 2. The molecule has 0 radical (unpaired) electrons. The molecule has 0 saturated carbocycles. The van der Waals surface area contributed by atoms with Crippen LogP contribution in [0.2, 0.25) is 0 Å². The van der Waals surface area contributed by atoms with Crippen molar-refractivity contribution in [3.05, 3.63) is 46.1 Å². The summed E-state index contributed by atoms with van der Waals surface area (Å²) < 4.78 is 0. The highest BCUT2D eigenvalue weighted by atomic mass is 16.6. The maximum absolute atomic E-state index is 11.0. The van der Waals surface area contributed by atoms with E-state index in [9.17, 15) is 10.1 Å². The molecule has 0 aliphatic carbocycles. The molecule has 2 aromatic rings. The predicted molar refractivity (Wildman–Crippen MR) is 95.5 cm³/mol. The molecule has 1 aromatic heterocycles. The Balaban J connectivity index is 1.84. The van der Waals surface area contributed by atoms with Gasteiger partial charge in [-0.1, -0.05) is 12.1 Å². The molecule has 1 aliphatic rings. The normalized spacial score (nSPS) is 15.4. The molecule has 0 atom stereocenters. The van der Waals surface area contributed by atoms with Crippen LogP contribution in [0.25, 0.3) is 11.4 Å². The number of aliphatic hydroxyl groups excluding tert-OH is 1. The second kappa shape index (κ2) is 7.57. The predicted octanol–water partition coefficient (Wildman–Crippen LogP) is 2.96. The first kappa shape index (κ1) is 17.3. The van der Waals surface area contributed by atoms with Crippen LogP contribution in [0.4, 0.5) is 11.5 Å². The fraction of sp³-hybridized carbons (Fsp3) is 0.444. The van der Waals surface area contributed by atoms with Crippen molar-refractivity contribution in [2.45, 2.75) is 26.2 Å². The van der Waals surface area contributed by atoms with Gasteiger partial charge in [-0.3, -0.25) is 10.1 Å². The second-order valence-corrected chi connectivity index (χ2v) is 6.44. The highest BCUT2D eigenvalue weighted by Gasteiger charge is 2.21. The number of nitrogens with zero attached hydrogens (tertiary/aromatic N) is 4. The van der Waals surface area contributed by atoms with Gasteiger partial charge in [-0.15, -0.1) is 0 Å². The fourth-order valence-corrected chi connectivity index (χ4v) is 3.23. The molecule has 1 saturated heterocycles. The van der Waals surface area contributed by atoms with E-state index in [4.69, 9.17) is 5.11 Å². The maximum atomic E-state index is 11.0. The Hall–Kier alpha value is -2.54. The molecule has 0 bridgehead atoms. The van der Waals surface area contributed by atoms with Gasteiger partial charge in [0.25, 0.3) is 5.69 Å². The van der Waals surface area contributed by atoms with Gasteiger partial charge < -0.3 is 10.0 Å². The second-order valence-electron chi connectivity index (χ2n) is 6.44. The van der Waals surface area contributed by atoms with Crippen molar-refractivity contribution >= 4 is 11.5 Å². The van der Waals surface area contributed by atoms with Crippen molar-refractivity contribution in [3.63, 3.8) is 0 Å². The molecule has 132 valence electrons. The van der Waals surface area contributed by atoms with Crippen LogP contribution < -0.4 is 4.90 Å². The lowest BCUT2D eigenvalue weighted by Crippen LogP contribution is -2.34. The minimum atomic E-state index is -0.411. The van der Waals surface area contributed by atoms with Crippen LogP contribution in [0, 0.1) is 23.0 Å². The van der Waals surface area contributed by atoms with E-state index >= 15 is 0 Å². The van der Waals surface area contributed by atoms with Crippen LogP contribution in [0.5, 0.6) is 0 Å². The summed E-state index contributed by atoms with van der Waals surface area (Å²) in [6.45, 7) is 3.95. The summed E-state index contributed by atoms with van der Waals surface area (Å²) in [5.74, 6) is 1.94. The average Bonchev–Trinajstić information content (AvgIpc) is 2.62. The van der Waals surface area contributed by atoms with E-state index in [1.165, 1.54) is 12.1 Å². The van der Waals surface area contributed by atoms with Crippen molar-refractivity contribution in [1.82, 2.24) is 9.97 Å². The number of anilines is 1. The van der Waals surface area contributed by atoms with Crippen molar-refractivity contribution < 1.29 is 10.0 Å². The number of piperidine rings is 1. The Bertz CT molecular complexity index is 758. The van der Waals surface area contributed by atoms with Crippen molar-refractivity contribution in [3.8, 4) is 11.4 Å². The standard InChI is InChI=1S/C18H22N4O3/c1-13-11-17(21-8-5-14(6-9-21)7-10-23)20-18(19-13)15-3-2-4-16(12-15)22(24)25/h2-4,11-12,14,23H,5-10H2,1H3. The molecule has 1 aromatic carbocycles. The molecule has 1 aliphatic heterocycles. The molecule has 7 nitrogen and oxygen atoms in total. The third-order valence-corrected chi connectivity index (χ3v) is 4.63. The van der Waals surface area contributed by atoms with Gasteiger partial charge in [0.05, 0.1) is 4.92 Å². The highest BCUT2D eigenvalue weighted by Crippen LogP contribution is 2.27. The van der Waals surface area contributed by atoms with Crippen molar-refractivity contribution in [2.24, 2.45) is 5.92 Å². The first-order valence-electron chi connectivity index (χ1n) is 8.53. The van der Waals surface area contributed by atoms with Crippen molar-refractivity contribution in [1.29, 1.82) is 0 Å². The number of aryl methyl sites for hydroxylation is 1. The van der Waals surface area contributed by atoms with Gasteiger partial charge in [-0.2, -0.15) is 0 Å². The lowest BCUT2D eigenvalue weighted by Gasteiger charge is -2.32. The van der Waals surface area contributed by atoms with E-state index in [0.717, 1.165) is 43.9 Å². The molecule has 3 rings (SSSR count). The van der Waals surface area contributed by atoms with E-state index in [-0.39, 0.29) is 12.3 Å². The number of nitro groups is 1. The monoisotopic (exact) mass is 342 g/mol. The Labute approximate surface area is 146 Å². The maximum Gasteiger partial charge on any atom is 0.270 e. The Kier molecular flexibility index (Phi) is 5.23. The SMILES string of the molecule is Cc1cc(N2CCC(CCO)CC2)nc(-c2cccc([N+](=O)[O-])c2)n1. The number of aliphatic hydroxyl groups is 1. The zero-order chi connectivity index (χ0) is 17.8. The van der Waals surface area contributed by atoms with E-state index in [1.54, 1.807) is 12.1 Å². The summed E-state index contributed by atoms with van der Waals surface area (Å²) in [7, 11) is 0. The van der Waals surface area contributed by atoms with E-state index in [2.05, 4.69) is 14.9 Å². The molecular weight excluding hydrogens is 320 g/mol. The molecule has 0 amide bonds. The van der Waals surface area contributed by atoms with Gasteiger partial charge in [-0.25, -0.2) is 9.97 Å². The lowest BCUT2D eigenvalue weighted by atomic mass is 9.94. The number of non-ortho nitro benzene ring substituents is 1. The Morgan fingerprint density at radius 3 is 2.72 bits per heavy atom. The Morgan fingerprint density at radius 2 is 2.04 bits per heavy atom. The van der Waals surface area contributed by atoms with Gasteiger partial charge in [0.2, 0.25) is 0 Å². The largest absolute Gasteiger partial charge is 0.396 e. The zero-order valence-corrected chi connectivity index (χ0v) is 14.3. The van der Waals surface area contributed by atoms with Gasteiger partial charge in [0, 0.05) is 49.2 Å². The Morgan fingerprint density at radius 1 is 1.28 bits per heavy atom. The van der Waals surface area contributed by atoms with Crippen LogP contribution in [0.1, 0.15) is 25.0 Å². The van der Waals surface area contributed by atoms with Gasteiger partial charge in [0.15, 0.2) is 5.82 Å². The van der Waals surface area contributed by atoms with Crippen LogP contribution in [-0.4, -0.2) is 39.7 Å². The molecular formula is C18H22N4O3. The third kappa shape index (κ3) is 4.11. The van der Waals surface area contributed by atoms with Crippen LogP contribution >= 0.6 is 0 Å². The van der Waals surface area contributed by atoms with E-state index < -0.39 is 4.92 Å². The smallest absolute Gasteiger partial charge is 0.270 e. The van der Waals surface area contributed by atoms with Gasteiger partial charge in [-0.05, 0) is 32.1 Å². The summed E-state index contributed by atoms with van der Waals surface area (Å²) in [5, 5.41) is 20.1. The van der Waals surface area contributed by atoms with Crippen molar-refractivity contribution in [2.75, 3.05) is 24.6 Å². The molecule has 2 heterocycles. The minimum Gasteiger partial charge on any atom is -0.396 e. The fourth-order valence-electron chi connectivity index (χ4n) is 3.23. The number of hydrogen-bond acceptors (Lipinski definition) is 6. The molecule has 25 heavy (non-hydrogen) atoms. The number of hydrogen-bond donors (Lipinski definition) is 1. The minimum absolute atomic E-state index is 0.0361. The first-order chi connectivity index (χ1) is 12.1. The molecule has 7 heteroatoms. The summed E-state index contributed by atoms with van der Waals surface area (Å²) in [5.41, 5.74) is 1.52. The summed E-state index contributed by atoms with van der Waals surface area (Å²) in [6, 6.07) is 8.36. The van der Waals surface area contributed by atoms with Crippen LogP contribution in [-0.2, 0) is 0 Å². The molecule has 1 fully saturated rings. The molecule has 0 unspecified atom stereocenters. The quantitative estimate of drug-likeness (QED) is 0.663. The number of benzene rings is 1. The van der Waals surface area contributed by atoms with Gasteiger partial charge >= 0.3 is 0 Å². The lowest BCUT2D eigenvalue weighted by molar-refractivity contribution is -0.384. The summed E-state index contributed by atoms with van der Waals surface area (Å²) in [6.07, 6.45) is 2.93. The van der Waals surface area contributed by atoms with E-state index in [0.29, 0.717) is 17.3 Å². The van der Waals surface area contributed by atoms with Crippen LogP contribution in [0.15, 0.2) is 30.3 Å². The summed E-state index contributed by atoms with van der Waals surface area (Å²) in [4.78, 5) is 21.9. The van der Waals surface area contributed by atoms with Gasteiger partial charge in [0.1, 0.15) is 5.82 Å². The van der Waals surface area contributed by atoms with E-state index in [1.807, 2.05) is 13.0 Å². The topological polar surface area (TPSA) is 92.4 Å². The summed E-state index contributed by atoms with van der Waals surface area (Å²) >= 11 is 0. The zero-order valence-electron chi connectivity index (χ0n) is 14.3. The molecule has 0 spiro atoms.